The molecule has 0 unspecified atom stereocenters. The van der Waals surface area contributed by atoms with Crippen molar-refractivity contribution in [2.24, 2.45) is 0 Å². The first-order valence-corrected chi connectivity index (χ1v) is 12.4. The number of para-hydroxylation sites is 2. The monoisotopic (exact) mass is 511 g/mol. The Morgan fingerprint density at radius 1 is 1.03 bits per heavy atom. The van der Waals surface area contributed by atoms with Crippen LogP contribution in [0.2, 0.25) is 0 Å². The Balaban J connectivity index is 1.36. The molecule has 2 amide bonds. The molecule has 4 N–H and O–H groups in total. The van der Waals surface area contributed by atoms with Gasteiger partial charge in [-0.25, -0.2) is 4.79 Å². The van der Waals surface area contributed by atoms with Gasteiger partial charge in [0.15, 0.2) is 6.61 Å². The summed E-state index contributed by atoms with van der Waals surface area (Å²) in [5.74, 6) is 0.0416. The number of rotatable bonds is 9. The van der Waals surface area contributed by atoms with Gasteiger partial charge in [0.25, 0.3) is 0 Å². The highest BCUT2D eigenvalue weighted by atomic mass is 16.6. The van der Waals surface area contributed by atoms with E-state index in [2.05, 4.69) is 15.6 Å². The number of alkyl carbamates (subject to hydrolysis) is 1. The molecule has 0 aliphatic rings. The standard InChI is InChI=1S/C30H29N3O5/c1-30(16-22-17-31-25-13-7-6-12-24(22)25,28(35)32-26(18-34)20-9-3-2-4-10-20)33-29(36)37-19-23-15-21-11-5-8-14-27(21)38-23/h2-15,17,26,31,34H,16,18-19H2,1H3,(H,32,35)(H,33,36)/t26-,30-/m1/s1. The number of H-pyrrole nitrogens is 1. The lowest BCUT2D eigenvalue weighted by Gasteiger charge is -2.31. The Bertz CT molecular complexity index is 1530. The zero-order valence-electron chi connectivity index (χ0n) is 20.9. The number of fused-ring (bicyclic) bond motifs is 2. The van der Waals surface area contributed by atoms with Crippen molar-refractivity contribution >= 4 is 33.9 Å². The predicted molar refractivity (Wildman–Crippen MR) is 144 cm³/mol. The van der Waals surface area contributed by atoms with Crippen LogP contribution in [0.1, 0.15) is 29.9 Å². The number of ether oxygens (including phenoxy) is 1. The highest BCUT2D eigenvalue weighted by molar-refractivity contribution is 5.92. The number of benzene rings is 3. The van der Waals surface area contributed by atoms with Crippen LogP contribution < -0.4 is 10.6 Å². The van der Waals surface area contributed by atoms with Crippen LogP contribution >= 0.6 is 0 Å². The number of aliphatic hydroxyl groups excluding tert-OH is 1. The second-order valence-electron chi connectivity index (χ2n) is 9.44. The highest BCUT2D eigenvalue weighted by Crippen LogP contribution is 2.25. The van der Waals surface area contributed by atoms with Crippen LogP contribution in [0.5, 0.6) is 0 Å². The molecule has 194 valence electrons. The van der Waals surface area contributed by atoms with Gasteiger partial charge >= 0.3 is 6.09 Å². The number of aromatic nitrogens is 1. The third kappa shape index (κ3) is 5.40. The van der Waals surface area contributed by atoms with Gasteiger partial charge in [-0.05, 0) is 36.2 Å². The van der Waals surface area contributed by atoms with Crippen LogP contribution in [0.25, 0.3) is 21.9 Å². The third-order valence-electron chi connectivity index (χ3n) is 6.61. The van der Waals surface area contributed by atoms with E-state index in [1.807, 2.05) is 91.1 Å². The summed E-state index contributed by atoms with van der Waals surface area (Å²) in [7, 11) is 0. The summed E-state index contributed by atoms with van der Waals surface area (Å²) in [4.78, 5) is 29.8. The Labute approximate surface area is 219 Å². The van der Waals surface area contributed by atoms with Crippen molar-refractivity contribution in [2.45, 2.75) is 31.5 Å². The fourth-order valence-electron chi connectivity index (χ4n) is 4.58. The van der Waals surface area contributed by atoms with Gasteiger partial charge in [0.1, 0.15) is 16.9 Å². The second kappa shape index (κ2) is 10.8. The molecule has 8 heteroatoms. The minimum atomic E-state index is -1.39. The SMILES string of the molecule is C[C@](Cc1c[nH]c2ccccc12)(NC(=O)OCc1cc2ccccc2o1)C(=O)N[C@H](CO)c1ccccc1. The normalized spacial score (nSPS) is 13.6. The number of hydrogen-bond donors (Lipinski definition) is 4. The molecule has 2 atom stereocenters. The summed E-state index contributed by atoms with van der Waals surface area (Å²) in [6, 6.07) is 25.6. The third-order valence-corrected chi connectivity index (χ3v) is 6.61. The number of aliphatic hydroxyl groups is 1. The molecule has 2 aromatic heterocycles. The minimum absolute atomic E-state index is 0.0887. The van der Waals surface area contributed by atoms with Gasteiger partial charge in [0.2, 0.25) is 5.91 Å². The number of amides is 2. The molecular weight excluding hydrogens is 482 g/mol. The summed E-state index contributed by atoms with van der Waals surface area (Å²) in [6.45, 7) is 1.26. The molecule has 2 heterocycles. The molecule has 3 aromatic carbocycles. The number of nitrogens with one attached hydrogen (secondary N) is 3. The van der Waals surface area contributed by atoms with E-state index in [9.17, 15) is 14.7 Å². The Morgan fingerprint density at radius 3 is 2.55 bits per heavy atom. The summed E-state index contributed by atoms with van der Waals surface area (Å²) in [5.41, 5.74) is 1.85. The van der Waals surface area contributed by atoms with Crippen molar-refractivity contribution in [3.05, 3.63) is 108 Å². The molecule has 8 nitrogen and oxygen atoms in total. The first-order chi connectivity index (χ1) is 18.4. The number of furan rings is 1. The molecule has 0 aliphatic heterocycles. The van der Waals surface area contributed by atoms with E-state index < -0.39 is 23.6 Å². The average molecular weight is 512 g/mol. The predicted octanol–water partition coefficient (Wildman–Crippen LogP) is 4.99. The Kier molecular flexibility index (Phi) is 7.15. The molecule has 0 spiro atoms. The maximum atomic E-state index is 13.7. The lowest BCUT2D eigenvalue weighted by molar-refractivity contribution is -0.128. The zero-order chi connectivity index (χ0) is 26.5. The summed E-state index contributed by atoms with van der Waals surface area (Å²) < 4.78 is 11.2. The highest BCUT2D eigenvalue weighted by Gasteiger charge is 2.37. The fourth-order valence-corrected chi connectivity index (χ4v) is 4.58. The average Bonchev–Trinajstić information content (AvgIpc) is 3.54. The minimum Gasteiger partial charge on any atom is -0.457 e. The van der Waals surface area contributed by atoms with E-state index in [0.717, 1.165) is 27.4 Å². The van der Waals surface area contributed by atoms with Gasteiger partial charge < -0.3 is 29.9 Å². The summed E-state index contributed by atoms with van der Waals surface area (Å²) in [5, 5.41) is 17.5. The van der Waals surface area contributed by atoms with E-state index in [0.29, 0.717) is 11.3 Å². The number of carbonyl (C=O) groups is 2. The van der Waals surface area contributed by atoms with Crippen LogP contribution in [0.3, 0.4) is 0 Å². The Morgan fingerprint density at radius 2 is 1.76 bits per heavy atom. The van der Waals surface area contributed by atoms with Crippen LogP contribution in [0.4, 0.5) is 4.79 Å². The summed E-state index contributed by atoms with van der Waals surface area (Å²) >= 11 is 0. The quantitative estimate of drug-likeness (QED) is 0.222. The molecule has 0 fully saturated rings. The van der Waals surface area contributed by atoms with Gasteiger partial charge in [-0.3, -0.25) is 4.79 Å². The lowest BCUT2D eigenvalue weighted by atomic mass is 9.91. The number of carbonyl (C=O) groups excluding carboxylic acids is 2. The Hall–Kier alpha value is -4.56. The van der Waals surface area contributed by atoms with E-state index in [1.165, 1.54) is 0 Å². The smallest absolute Gasteiger partial charge is 0.408 e. The van der Waals surface area contributed by atoms with Gasteiger partial charge in [-0.1, -0.05) is 66.7 Å². The summed E-state index contributed by atoms with van der Waals surface area (Å²) in [6.07, 6.45) is 1.26. The molecule has 0 radical (unpaired) electrons. The van der Waals surface area contributed by atoms with Crippen molar-refractivity contribution < 1.29 is 23.8 Å². The van der Waals surface area contributed by atoms with Crippen LogP contribution in [0, 0.1) is 0 Å². The van der Waals surface area contributed by atoms with Crippen molar-refractivity contribution in [1.82, 2.24) is 15.6 Å². The first kappa shape index (κ1) is 25.1. The molecular formula is C30H29N3O5. The maximum absolute atomic E-state index is 13.7. The largest absolute Gasteiger partial charge is 0.457 e. The topological polar surface area (TPSA) is 117 Å². The number of aromatic amines is 1. The van der Waals surface area contributed by atoms with Gasteiger partial charge in [-0.2, -0.15) is 0 Å². The van der Waals surface area contributed by atoms with Crippen LogP contribution in [-0.4, -0.2) is 34.2 Å². The van der Waals surface area contributed by atoms with Crippen molar-refractivity contribution in [3.8, 4) is 0 Å². The molecule has 0 saturated heterocycles. The molecule has 0 bridgehead atoms. The van der Waals surface area contributed by atoms with Crippen molar-refractivity contribution in [2.75, 3.05) is 6.61 Å². The van der Waals surface area contributed by atoms with E-state index in [1.54, 1.807) is 6.92 Å². The molecule has 38 heavy (non-hydrogen) atoms. The molecule has 5 aromatic rings. The molecule has 0 saturated carbocycles. The van der Waals surface area contributed by atoms with Gasteiger partial charge in [0, 0.05) is 28.9 Å². The van der Waals surface area contributed by atoms with Crippen LogP contribution in [-0.2, 0) is 22.6 Å². The number of hydrogen-bond acceptors (Lipinski definition) is 5. The fraction of sp³-hybridized carbons (Fsp3) is 0.200. The molecule has 0 aliphatic carbocycles. The van der Waals surface area contributed by atoms with Crippen LogP contribution in [0.15, 0.2) is 95.5 Å². The second-order valence-corrected chi connectivity index (χ2v) is 9.44. The molecule has 5 rings (SSSR count). The van der Waals surface area contributed by atoms with Crippen molar-refractivity contribution in [3.63, 3.8) is 0 Å². The first-order valence-electron chi connectivity index (χ1n) is 12.4. The maximum Gasteiger partial charge on any atom is 0.408 e. The van der Waals surface area contributed by atoms with Gasteiger partial charge in [0.05, 0.1) is 12.6 Å². The van der Waals surface area contributed by atoms with E-state index in [4.69, 9.17) is 9.15 Å². The zero-order valence-corrected chi connectivity index (χ0v) is 20.9. The van der Waals surface area contributed by atoms with E-state index in [-0.39, 0.29) is 19.6 Å². The van der Waals surface area contributed by atoms with E-state index >= 15 is 0 Å². The lowest BCUT2D eigenvalue weighted by Crippen LogP contribution is -2.59. The van der Waals surface area contributed by atoms with Gasteiger partial charge in [-0.15, -0.1) is 0 Å². The van der Waals surface area contributed by atoms with Crippen molar-refractivity contribution in [1.29, 1.82) is 0 Å².